The Balaban J connectivity index is 1.92. The van der Waals surface area contributed by atoms with Crippen LogP contribution in [0.5, 0.6) is 5.88 Å². The summed E-state index contributed by atoms with van der Waals surface area (Å²) in [6.45, 7) is 0.543. The van der Waals surface area contributed by atoms with E-state index < -0.39 is 0 Å². The normalized spacial score (nSPS) is 11.3. The van der Waals surface area contributed by atoms with Crippen molar-refractivity contribution in [3.05, 3.63) is 66.1 Å². The summed E-state index contributed by atoms with van der Waals surface area (Å²) in [5, 5.41) is 20.3. The Morgan fingerprint density at radius 1 is 1.00 bits per heavy atom. The molecular weight excluding hydrogens is 281 g/mol. The molecule has 4 rings (SSSR count). The minimum absolute atomic E-state index is 0.264. The fraction of sp³-hybridized carbons (Fsp3) is 0.0588. The van der Waals surface area contributed by atoms with Crippen molar-refractivity contribution in [3.8, 4) is 17.1 Å². The monoisotopic (exact) mass is 292 g/mol. The van der Waals surface area contributed by atoms with Gasteiger partial charge in [0.2, 0.25) is 0 Å². The molecule has 0 aromatic heterocycles. The molecule has 2 aromatic rings. The molecule has 2 heterocycles. The third-order valence-corrected chi connectivity index (χ3v) is 3.75. The smallest absolute Gasteiger partial charge is 0.123 e. The molecule has 0 bridgehead atoms. The van der Waals surface area contributed by atoms with Crippen molar-refractivity contribution >= 4 is 10.9 Å². The number of aromatic nitrogens is 3. The van der Waals surface area contributed by atoms with Crippen molar-refractivity contribution in [1.82, 2.24) is 14.8 Å². The molecule has 0 saturated heterocycles. The van der Waals surface area contributed by atoms with E-state index in [4.69, 9.17) is 0 Å². The lowest BCUT2D eigenvalue weighted by Gasteiger charge is -2.15. The van der Waals surface area contributed by atoms with Crippen LogP contribution in [0.1, 0.15) is 5.56 Å². The third-order valence-electron chi connectivity index (χ3n) is 3.75. The van der Waals surface area contributed by atoms with Crippen LogP contribution in [0.25, 0.3) is 22.2 Å². The van der Waals surface area contributed by atoms with Gasteiger partial charge in [-0.2, -0.15) is 10.2 Å². The summed E-state index contributed by atoms with van der Waals surface area (Å²) in [5.74, 6) is -0.589. The van der Waals surface area contributed by atoms with E-state index in [1.165, 1.54) is 12.1 Å². The Labute approximate surface area is 125 Å². The van der Waals surface area contributed by atoms with Gasteiger partial charge in [0, 0.05) is 29.6 Å². The van der Waals surface area contributed by atoms with Crippen molar-refractivity contribution < 1.29 is 9.50 Å². The zero-order valence-corrected chi connectivity index (χ0v) is 11.5. The predicted molar refractivity (Wildman–Crippen MR) is 79.1 cm³/mol. The van der Waals surface area contributed by atoms with Gasteiger partial charge in [0.15, 0.2) is 0 Å². The summed E-state index contributed by atoms with van der Waals surface area (Å²) < 4.78 is 15.0. The molecule has 0 saturated carbocycles. The van der Waals surface area contributed by atoms with E-state index in [1.807, 2.05) is 28.8 Å². The van der Waals surface area contributed by atoms with Gasteiger partial charge in [0.1, 0.15) is 11.5 Å². The van der Waals surface area contributed by atoms with E-state index in [0.717, 1.165) is 16.5 Å². The third kappa shape index (κ3) is 1.98. The number of pyridine rings is 1. The van der Waals surface area contributed by atoms with Gasteiger partial charge in [-0.15, -0.1) is 0 Å². The molecule has 2 aliphatic rings. The van der Waals surface area contributed by atoms with Crippen LogP contribution in [0.15, 0.2) is 54.7 Å². The molecule has 22 heavy (non-hydrogen) atoms. The van der Waals surface area contributed by atoms with Crippen LogP contribution in [0.3, 0.4) is 0 Å². The highest BCUT2D eigenvalue weighted by Gasteiger charge is 2.14. The van der Waals surface area contributed by atoms with E-state index in [1.54, 1.807) is 18.3 Å². The van der Waals surface area contributed by atoms with Gasteiger partial charge in [0.05, 0.1) is 5.52 Å². The lowest BCUT2D eigenvalue weighted by Crippen LogP contribution is -2.04. The molecule has 2 aromatic carbocycles. The molecule has 108 valence electrons. The minimum atomic E-state index is -0.325. The highest BCUT2D eigenvalue weighted by Crippen LogP contribution is 2.33. The standard InChI is InChI=1S/C17H12FN3O/c18-12-7-5-11(6-8-12)9-21-10-14-16(19-20-17(14)22)13-3-1-2-4-15(13)21/h1-8,10H,9H2,(H,20,22)/p-1. The van der Waals surface area contributed by atoms with E-state index in [0.29, 0.717) is 17.8 Å². The van der Waals surface area contributed by atoms with Crippen molar-refractivity contribution in [2.45, 2.75) is 6.54 Å². The maximum atomic E-state index is 13.0. The van der Waals surface area contributed by atoms with Gasteiger partial charge in [-0.05, 0) is 23.8 Å². The van der Waals surface area contributed by atoms with Crippen LogP contribution in [-0.2, 0) is 6.54 Å². The van der Waals surface area contributed by atoms with Crippen LogP contribution >= 0.6 is 0 Å². The highest BCUT2D eigenvalue weighted by molar-refractivity contribution is 5.95. The first kappa shape index (κ1) is 12.8. The number of benzene rings is 2. The number of nitrogens with zero attached hydrogens (tertiary/aromatic N) is 3. The predicted octanol–water partition coefficient (Wildman–Crippen LogP) is 2.80. The summed E-state index contributed by atoms with van der Waals surface area (Å²) >= 11 is 0. The van der Waals surface area contributed by atoms with E-state index >= 15 is 0 Å². The summed E-state index contributed by atoms with van der Waals surface area (Å²) in [6, 6.07) is 14.1. The van der Waals surface area contributed by atoms with Crippen LogP contribution in [0.4, 0.5) is 4.39 Å². The molecule has 0 amide bonds. The number of halogens is 1. The van der Waals surface area contributed by atoms with Crippen LogP contribution in [0.2, 0.25) is 0 Å². The molecule has 0 radical (unpaired) electrons. The fourth-order valence-corrected chi connectivity index (χ4v) is 2.69. The number of hydrogen-bond donors (Lipinski definition) is 0. The maximum Gasteiger partial charge on any atom is 0.123 e. The fourth-order valence-electron chi connectivity index (χ4n) is 2.69. The average Bonchev–Trinajstić information content (AvgIpc) is 2.91. The van der Waals surface area contributed by atoms with Crippen LogP contribution in [0, 0.1) is 5.82 Å². The molecule has 0 atom stereocenters. The molecule has 0 aliphatic carbocycles. The molecular formula is C17H11FN3O-. The van der Waals surface area contributed by atoms with Gasteiger partial charge >= 0.3 is 0 Å². The minimum Gasteiger partial charge on any atom is -0.857 e. The van der Waals surface area contributed by atoms with Gasteiger partial charge in [-0.3, -0.25) is 0 Å². The van der Waals surface area contributed by atoms with Gasteiger partial charge < -0.3 is 9.67 Å². The summed E-state index contributed by atoms with van der Waals surface area (Å²) in [5.41, 5.74) is 3.03. The quantitative estimate of drug-likeness (QED) is 0.571. The lowest BCUT2D eigenvalue weighted by atomic mass is 10.1. The van der Waals surface area contributed by atoms with Crippen molar-refractivity contribution in [1.29, 1.82) is 0 Å². The van der Waals surface area contributed by atoms with Crippen molar-refractivity contribution in [2.75, 3.05) is 0 Å². The summed E-state index contributed by atoms with van der Waals surface area (Å²) in [7, 11) is 0. The van der Waals surface area contributed by atoms with Crippen molar-refractivity contribution in [3.63, 3.8) is 0 Å². The molecule has 0 fully saturated rings. The second-order valence-corrected chi connectivity index (χ2v) is 5.17. The Morgan fingerprint density at radius 3 is 2.59 bits per heavy atom. The molecule has 5 heteroatoms. The van der Waals surface area contributed by atoms with Crippen LogP contribution in [-0.4, -0.2) is 14.8 Å². The number of fused-ring (bicyclic) bond motifs is 3. The summed E-state index contributed by atoms with van der Waals surface area (Å²) in [4.78, 5) is 0. The first-order valence-electron chi connectivity index (χ1n) is 6.88. The Hall–Kier alpha value is -2.95. The zero-order valence-electron chi connectivity index (χ0n) is 11.5. The molecule has 0 N–H and O–H groups in total. The Bertz CT molecular complexity index is 931. The summed E-state index contributed by atoms with van der Waals surface area (Å²) in [6.07, 6.45) is 1.77. The Morgan fingerprint density at radius 2 is 1.77 bits per heavy atom. The first-order chi connectivity index (χ1) is 10.7. The topological polar surface area (TPSA) is 53.8 Å². The van der Waals surface area contributed by atoms with E-state index in [9.17, 15) is 9.50 Å². The van der Waals surface area contributed by atoms with Gasteiger partial charge in [0.25, 0.3) is 0 Å². The maximum absolute atomic E-state index is 13.0. The number of hydrogen-bond acceptors (Lipinski definition) is 3. The molecule has 0 unspecified atom stereocenters. The second-order valence-electron chi connectivity index (χ2n) is 5.17. The van der Waals surface area contributed by atoms with E-state index in [-0.39, 0.29) is 11.7 Å². The molecule has 4 nitrogen and oxygen atoms in total. The average molecular weight is 292 g/mol. The van der Waals surface area contributed by atoms with Crippen molar-refractivity contribution in [2.24, 2.45) is 0 Å². The van der Waals surface area contributed by atoms with Gasteiger partial charge in [-0.1, -0.05) is 30.3 Å². The highest BCUT2D eigenvalue weighted by atomic mass is 19.1. The SMILES string of the molecule is [O-]c1nnc2c3ccccc3n(Cc3ccc(F)cc3)cc1-2. The number of rotatable bonds is 2. The lowest BCUT2D eigenvalue weighted by molar-refractivity contribution is -0.273. The Kier molecular flexibility index (Phi) is 2.79. The molecule has 0 spiro atoms. The zero-order chi connectivity index (χ0) is 15.1. The van der Waals surface area contributed by atoms with Gasteiger partial charge in [-0.25, -0.2) is 4.39 Å². The van der Waals surface area contributed by atoms with E-state index in [2.05, 4.69) is 10.2 Å². The largest absolute Gasteiger partial charge is 0.857 e. The molecule has 2 aliphatic heterocycles. The second kappa shape index (κ2) is 4.80. The van der Waals surface area contributed by atoms with Crippen LogP contribution < -0.4 is 5.11 Å². The number of para-hydroxylation sites is 1. The first-order valence-corrected chi connectivity index (χ1v) is 6.88.